The fraction of sp³-hybridized carbons (Fsp3) is 0.300. The molecule has 1 aromatic rings. The van der Waals surface area contributed by atoms with Crippen molar-refractivity contribution in [3.05, 3.63) is 39.8 Å². The van der Waals surface area contributed by atoms with Gasteiger partial charge in [0.15, 0.2) is 6.04 Å². The predicted octanol–water partition coefficient (Wildman–Crippen LogP) is 2.49. The number of hydrogen-bond acceptors (Lipinski definition) is 3. The summed E-state index contributed by atoms with van der Waals surface area (Å²) in [5, 5.41) is 11.8. The molecular formula is C10H10ClNO3. The predicted molar refractivity (Wildman–Crippen MR) is 57.0 cm³/mol. The summed E-state index contributed by atoms with van der Waals surface area (Å²) < 4.78 is 0. The van der Waals surface area contributed by atoms with Crippen LogP contribution in [-0.2, 0) is 11.2 Å². The van der Waals surface area contributed by atoms with Crippen LogP contribution in [0.3, 0.4) is 0 Å². The molecule has 1 aromatic carbocycles. The third kappa shape index (κ3) is 3.67. The fourth-order valence-electron chi connectivity index (χ4n) is 1.18. The molecule has 0 radical (unpaired) electrons. The normalized spacial score (nSPS) is 12.1. The molecule has 0 fully saturated rings. The minimum atomic E-state index is -1.18. The smallest absolute Gasteiger partial charge is 0.332 e. The molecule has 1 rings (SSSR count). The first-order valence-corrected chi connectivity index (χ1v) is 4.81. The lowest BCUT2D eigenvalue weighted by molar-refractivity contribution is -0.138. The number of rotatable bonds is 5. The van der Waals surface area contributed by atoms with Gasteiger partial charge in [-0.25, -0.2) is 4.79 Å². The third-order valence-electron chi connectivity index (χ3n) is 2.03. The highest BCUT2D eigenvalue weighted by Gasteiger charge is 2.17. The molecule has 0 aliphatic rings. The Kier molecular flexibility index (Phi) is 4.24. The average Bonchev–Trinajstić information content (AvgIpc) is 2.21. The van der Waals surface area contributed by atoms with Crippen LogP contribution in [0.5, 0.6) is 0 Å². The van der Waals surface area contributed by atoms with Crippen LogP contribution < -0.4 is 0 Å². The van der Waals surface area contributed by atoms with Gasteiger partial charge in [0.05, 0.1) is 0 Å². The van der Waals surface area contributed by atoms with Crippen molar-refractivity contribution in [1.82, 2.24) is 0 Å². The van der Waals surface area contributed by atoms with Crippen LogP contribution in [-0.4, -0.2) is 17.1 Å². The summed E-state index contributed by atoms with van der Waals surface area (Å²) in [6.45, 7) is 0. The molecule has 0 aliphatic heterocycles. The molecule has 5 heteroatoms. The number of aliphatic carboxylic acids is 1. The second-order valence-electron chi connectivity index (χ2n) is 3.12. The number of carboxylic acid groups (broad SMARTS) is 1. The molecule has 80 valence electrons. The molecule has 0 saturated heterocycles. The number of halogens is 1. The van der Waals surface area contributed by atoms with Crippen molar-refractivity contribution in [2.24, 2.45) is 5.18 Å². The van der Waals surface area contributed by atoms with Crippen molar-refractivity contribution in [2.45, 2.75) is 18.9 Å². The molecule has 0 heterocycles. The van der Waals surface area contributed by atoms with Crippen molar-refractivity contribution in [3.63, 3.8) is 0 Å². The number of nitroso groups, excluding NO2 is 1. The molecule has 0 amide bonds. The van der Waals surface area contributed by atoms with Crippen LogP contribution in [0.2, 0.25) is 5.02 Å². The average molecular weight is 228 g/mol. The Morgan fingerprint density at radius 1 is 1.40 bits per heavy atom. The van der Waals surface area contributed by atoms with E-state index in [2.05, 4.69) is 5.18 Å². The SMILES string of the molecule is O=NC(CCc1ccc(Cl)cc1)C(=O)O. The molecule has 0 spiro atoms. The lowest BCUT2D eigenvalue weighted by atomic mass is 10.1. The maximum Gasteiger partial charge on any atom is 0.332 e. The minimum absolute atomic E-state index is 0.209. The lowest BCUT2D eigenvalue weighted by Crippen LogP contribution is -2.17. The second kappa shape index (κ2) is 5.46. The van der Waals surface area contributed by atoms with E-state index < -0.39 is 12.0 Å². The van der Waals surface area contributed by atoms with Gasteiger partial charge < -0.3 is 5.11 Å². The van der Waals surface area contributed by atoms with E-state index >= 15 is 0 Å². The number of benzene rings is 1. The van der Waals surface area contributed by atoms with Gasteiger partial charge in [-0.05, 0) is 30.5 Å². The number of aryl methyl sites for hydroxylation is 1. The van der Waals surface area contributed by atoms with Crippen LogP contribution >= 0.6 is 11.6 Å². The van der Waals surface area contributed by atoms with E-state index in [1.807, 2.05) is 0 Å². The number of carboxylic acids is 1. The third-order valence-corrected chi connectivity index (χ3v) is 2.28. The second-order valence-corrected chi connectivity index (χ2v) is 3.56. The molecule has 1 N–H and O–H groups in total. The summed E-state index contributed by atoms with van der Waals surface area (Å²) in [5.74, 6) is -1.18. The molecule has 0 saturated carbocycles. The summed E-state index contributed by atoms with van der Waals surface area (Å²) in [7, 11) is 0. The van der Waals surface area contributed by atoms with Crippen molar-refractivity contribution in [2.75, 3.05) is 0 Å². The van der Waals surface area contributed by atoms with Crippen molar-refractivity contribution >= 4 is 17.6 Å². The number of hydrogen-bond donors (Lipinski definition) is 1. The Morgan fingerprint density at radius 2 is 2.00 bits per heavy atom. The largest absolute Gasteiger partial charge is 0.480 e. The Labute approximate surface area is 91.8 Å². The van der Waals surface area contributed by atoms with Crippen molar-refractivity contribution < 1.29 is 9.90 Å². The molecule has 0 aliphatic carbocycles. The first-order valence-electron chi connectivity index (χ1n) is 4.43. The van der Waals surface area contributed by atoms with E-state index in [4.69, 9.17) is 16.7 Å². The zero-order chi connectivity index (χ0) is 11.3. The highest BCUT2D eigenvalue weighted by atomic mass is 35.5. The van der Waals surface area contributed by atoms with Crippen LogP contribution in [0.25, 0.3) is 0 Å². The minimum Gasteiger partial charge on any atom is -0.480 e. The highest BCUT2D eigenvalue weighted by Crippen LogP contribution is 2.12. The molecule has 1 unspecified atom stereocenters. The summed E-state index contributed by atoms with van der Waals surface area (Å²) in [6, 6.07) is 5.88. The number of nitrogens with zero attached hydrogens (tertiary/aromatic N) is 1. The Hall–Kier alpha value is -1.42. The van der Waals surface area contributed by atoms with Crippen molar-refractivity contribution in [1.29, 1.82) is 0 Å². The van der Waals surface area contributed by atoms with Gasteiger partial charge in [-0.1, -0.05) is 28.9 Å². The monoisotopic (exact) mass is 227 g/mol. The Morgan fingerprint density at radius 3 is 2.47 bits per heavy atom. The maximum atomic E-state index is 10.5. The standard InChI is InChI=1S/C10H10ClNO3/c11-8-4-1-7(2-5-8)3-6-9(12-15)10(13)14/h1-2,4-5,9H,3,6H2,(H,13,14). The molecule has 4 nitrogen and oxygen atoms in total. The first kappa shape index (κ1) is 11.7. The maximum absolute atomic E-state index is 10.5. The summed E-state index contributed by atoms with van der Waals surface area (Å²) in [4.78, 5) is 20.7. The molecular weight excluding hydrogens is 218 g/mol. The van der Waals surface area contributed by atoms with E-state index in [9.17, 15) is 9.70 Å². The van der Waals surface area contributed by atoms with Crippen LogP contribution in [0, 0.1) is 4.91 Å². The quantitative estimate of drug-likeness (QED) is 0.786. The molecule has 1 atom stereocenters. The number of carbonyl (C=O) groups is 1. The fourth-order valence-corrected chi connectivity index (χ4v) is 1.30. The first-order chi connectivity index (χ1) is 7.13. The van der Waals surface area contributed by atoms with Crippen LogP contribution in [0.4, 0.5) is 0 Å². The lowest BCUT2D eigenvalue weighted by Gasteiger charge is -2.03. The van der Waals surface area contributed by atoms with Gasteiger partial charge >= 0.3 is 5.97 Å². The van der Waals surface area contributed by atoms with Gasteiger partial charge in [0.1, 0.15) is 0 Å². The van der Waals surface area contributed by atoms with Gasteiger partial charge in [0.2, 0.25) is 0 Å². The Balaban J connectivity index is 2.52. The van der Waals surface area contributed by atoms with Gasteiger partial charge in [-0.3, -0.25) is 0 Å². The Bertz CT molecular complexity index is 350. The zero-order valence-electron chi connectivity index (χ0n) is 7.89. The van der Waals surface area contributed by atoms with E-state index in [1.54, 1.807) is 24.3 Å². The summed E-state index contributed by atoms with van der Waals surface area (Å²) in [5.41, 5.74) is 0.939. The van der Waals surface area contributed by atoms with Gasteiger partial charge in [-0.2, -0.15) is 0 Å². The molecule has 0 aromatic heterocycles. The van der Waals surface area contributed by atoms with Gasteiger partial charge in [0, 0.05) is 5.02 Å². The summed E-state index contributed by atoms with van der Waals surface area (Å²) >= 11 is 5.69. The van der Waals surface area contributed by atoms with E-state index in [0.29, 0.717) is 11.4 Å². The van der Waals surface area contributed by atoms with E-state index in [-0.39, 0.29) is 6.42 Å². The topological polar surface area (TPSA) is 66.7 Å². The van der Waals surface area contributed by atoms with Crippen molar-refractivity contribution in [3.8, 4) is 0 Å². The van der Waals surface area contributed by atoms with Crippen LogP contribution in [0.15, 0.2) is 29.4 Å². The summed E-state index contributed by atoms with van der Waals surface area (Å²) in [6.07, 6.45) is 0.709. The van der Waals surface area contributed by atoms with Gasteiger partial charge in [0.25, 0.3) is 0 Å². The molecule has 0 bridgehead atoms. The zero-order valence-corrected chi connectivity index (χ0v) is 8.65. The van der Waals surface area contributed by atoms with Crippen LogP contribution in [0.1, 0.15) is 12.0 Å². The van der Waals surface area contributed by atoms with E-state index in [1.165, 1.54) is 0 Å². The van der Waals surface area contributed by atoms with Gasteiger partial charge in [-0.15, -0.1) is 4.91 Å². The molecule has 15 heavy (non-hydrogen) atoms. The van der Waals surface area contributed by atoms with E-state index in [0.717, 1.165) is 5.56 Å². The highest BCUT2D eigenvalue weighted by molar-refractivity contribution is 6.30.